The van der Waals surface area contributed by atoms with Gasteiger partial charge >= 0.3 is 5.97 Å². The van der Waals surface area contributed by atoms with Gasteiger partial charge in [-0.25, -0.2) is 0 Å². The van der Waals surface area contributed by atoms with Crippen LogP contribution in [0.2, 0.25) is 0 Å². The normalized spacial score (nSPS) is 23.6. The highest BCUT2D eigenvalue weighted by Gasteiger charge is 2.30. The molecule has 1 aliphatic heterocycles. The van der Waals surface area contributed by atoms with Crippen LogP contribution in [0, 0.1) is 19.8 Å². The third-order valence-electron chi connectivity index (χ3n) is 3.78. The third-order valence-corrected chi connectivity index (χ3v) is 3.78. The molecule has 2 nitrogen and oxygen atoms in total. The van der Waals surface area contributed by atoms with Crippen LogP contribution in [0.4, 0.5) is 0 Å². The lowest BCUT2D eigenvalue weighted by Gasteiger charge is -2.28. The Kier molecular flexibility index (Phi) is 3.85. The summed E-state index contributed by atoms with van der Waals surface area (Å²) in [6, 6.07) is 6.50. The van der Waals surface area contributed by atoms with Gasteiger partial charge in [0.25, 0.3) is 0 Å². The number of esters is 1. The van der Waals surface area contributed by atoms with Crippen LogP contribution in [-0.2, 0) is 9.53 Å². The van der Waals surface area contributed by atoms with E-state index in [4.69, 9.17) is 4.74 Å². The number of carbonyl (C=O) groups is 1. The Morgan fingerprint density at radius 2 is 2.17 bits per heavy atom. The van der Waals surface area contributed by atoms with Gasteiger partial charge in [-0.15, -0.1) is 6.58 Å². The second kappa shape index (κ2) is 5.38. The number of carbonyl (C=O) groups excluding carboxylic acids is 1. The first-order valence-corrected chi connectivity index (χ1v) is 6.46. The average molecular weight is 244 g/mol. The first-order valence-electron chi connectivity index (χ1n) is 6.46. The highest BCUT2D eigenvalue weighted by Crippen LogP contribution is 2.32. The minimum atomic E-state index is -0.0741. The number of rotatable bonds is 3. The van der Waals surface area contributed by atoms with Crippen LogP contribution in [0.25, 0.3) is 0 Å². The molecule has 1 fully saturated rings. The van der Waals surface area contributed by atoms with Crippen molar-refractivity contribution in [2.24, 2.45) is 5.92 Å². The van der Waals surface area contributed by atoms with Crippen molar-refractivity contribution in [3.8, 4) is 0 Å². The standard InChI is InChI=1S/C16H20O2/c1-4-5-14-9-15(10-18-16(14)17)13-7-6-11(2)12(3)8-13/h4,6-8,14-15H,1,5,9-10H2,2-3H3/t14?,15-/m1/s1. The van der Waals surface area contributed by atoms with Gasteiger partial charge in [0.05, 0.1) is 12.5 Å². The van der Waals surface area contributed by atoms with Crippen LogP contribution in [0.5, 0.6) is 0 Å². The summed E-state index contributed by atoms with van der Waals surface area (Å²) in [7, 11) is 0. The molecule has 0 aromatic heterocycles. The highest BCUT2D eigenvalue weighted by molar-refractivity contribution is 5.73. The highest BCUT2D eigenvalue weighted by atomic mass is 16.5. The van der Waals surface area contributed by atoms with E-state index in [1.807, 2.05) is 0 Å². The maximum atomic E-state index is 11.6. The van der Waals surface area contributed by atoms with Gasteiger partial charge in [0.2, 0.25) is 0 Å². The number of hydrogen-bond acceptors (Lipinski definition) is 2. The van der Waals surface area contributed by atoms with Crippen molar-refractivity contribution in [3.05, 3.63) is 47.5 Å². The van der Waals surface area contributed by atoms with Crippen LogP contribution in [0.1, 0.15) is 35.4 Å². The van der Waals surface area contributed by atoms with E-state index < -0.39 is 0 Å². The molecule has 1 aromatic rings. The van der Waals surface area contributed by atoms with Crippen molar-refractivity contribution < 1.29 is 9.53 Å². The molecule has 1 unspecified atom stereocenters. The molecular weight excluding hydrogens is 224 g/mol. The van der Waals surface area contributed by atoms with Gasteiger partial charge in [0.15, 0.2) is 0 Å². The van der Waals surface area contributed by atoms with Crippen LogP contribution < -0.4 is 0 Å². The van der Waals surface area contributed by atoms with Gasteiger partial charge in [0.1, 0.15) is 0 Å². The summed E-state index contributed by atoms with van der Waals surface area (Å²) in [6.45, 7) is 8.45. The van der Waals surface area contributed by atoms with E-state index in [0.29, 0.717) is 18.9 Å². The lowest BCUT2D eigenvalue weighted by atomic mass is 9.85. The first kappa shape index (κ1) is 12.9. The topological polar surface area (TPSA) is 26.3 Å². The zero-order chi connectivity index (χ0) is 13.1. The van der Waals surface area contributed by atoms with Crippen molar-refractivity contribution in [1.29, 1.82) is 0 Å². The number of benzene rings is 1. The minimum Gasteiger partial charge on any atom is -0.465 e. The maximum Gasteiger partial charge on any atom is 0.309 e. The maximum absolute atomic E-state index is 11.6. The fourth-order valence-corrected chi connectivity index (χ4v) is 2.45. The summed E-state index contributed by atoms with van der Waals surface area (Å²) < 4.78 is 5.29. The smallest absolute Gasteiger partial charge is 0.309 e. The quantitative estimate of drug-likeness (QED) is 0.600. The summed E-state index contributed by atoms with van der Waals surface area (Å²) in [5.41, 5.74) is 3.87. The molecule has 0 amide bonds. The van der Waals surface area contributed by atoms with Gasteiger partial charge in [-0.05, 0) is 43.4 Å². The largest absolute Gasteiger partial charge is 0.465 e. The van der Waals surface area contributed by atoms with Gasteiger partial charge in [-0.1, -0.05) is 24.3 Å². The molecule has 0 spiro atoms. The monoisotopic (exact) mass is 244 g/mol. The van der Waals surface area contributed by atoms with E-state index in [1.54, 1.807) is 6.08 Å². The zero-order valence-electron chi connectivity index (χ0n) is 11.1. The number of ether oxygens (including phenoxy) is 1. The Labute approximate surface area is 109 Å². The summed E-state index contributed by atoms with van der Waals surface area (Å²) in [5.74, 6) is 0.227. The SMILES string of the molecule is C=CCC1C[C@@H](c2ccc(C)c(C)c2)COC1=O. The van der Waals surface area contributed by atoms with Crippen LogP contribution in [-0.4, -0.2) is 12.6 Å². The van der Waals surface area contributed by atoms with Crippen LogP contribution in [0.3, 0.4) is 0 Å². The van der Waals surface area contributed by atoms with E-state index in [0.717, 1.165) is 6.42 Å². The molecular formula is C16H20O2. The fourth-order valence-electron chi connectivity index (χ4n) is 2.45. The molecule has 0 saturated carbocycles. The number of aryl methyl sites for hydroxylation is 2. The summed E-state index contributed by atoms with van der Waals surface area (Å²) >= 11 is 0. The van der Waals surface area contributed by atoms with E-state index in [9.17, 15) is 4.79 Å². The summed E-state index contributed by atoms with van der Waals surface area (Å²) in [4.78, 5) is 11.6. The molecule has 0 aliphatic carbocycles. The molecule has 0 N–H and O–H groups in total. The molecule has 2 atom stereocenters. The van der Waals surface area contributed by atoms with Crippen molar-refractivity contribution in [3.63, 3.8) is 0 Å². The second-order valence-electron chi connectivity index (χ2n) is 5.13. The minimum absolute atomic E-state index is 0.0251. The molecule has 2 heteroatoms. The Hall–Kier alpha value is -1.57. The first-order chi connectivity index (χ1) is 8.61. The average Bonchev–Trinajstić information content (AvgIpc) is 2.36. The molecule has 2 rings (SSSR count). The van der Waals surface area contributed by atoms with Crippen molar-refractivity contribution >= 4 is 5.97 Å². The van der Waals surface area contributed by atoms with E-state index >= 15 is 0 Å². The number of cyclic esters (lactones) is 1. The van der Waals surface area contributed by atoms with Crippen LogP contribution >= 0.6 is 0 Å². The number of allylic oxidation sites excluding steroid dienone is 1. The lowest BCUT2D eigenvalue weighted by molar-refractivity contribution is -0.153. The van der Waals surface area contributed by atoms with Crippen molar-refractivity contribution in [1.82, 2.24) is 0 Å². The molecule has 1 aromatic carbocycles. The summed E-state index contributed by atoms with van der Waals surface area (Å²) in [6.07, 6.45) is 3.38. The summed E-state index contributed by atoms with van der Waals surface area (Å²) in [5, 5.41) is 0. The molecule has 1 heterocycles. The fraction of sp³-hybridized carbons (Fsp3) is 0.438. The molecule has 0 radical (unpaired) electrons. The Balaban J connectivity index is 2.15. The Bertz CT molecular complexity index is 462. The second-order valence-corrected chi connectivity index (χ2v) is 5.13. The molecule has 0 bridgehead atoms. The molecule has 1 aliphatic rings. The number of hydrogen-bond donors (Lipinski definition) is 0. The van der Waals surface area contributed by atoms with Crippen LogP contribution in [0.15, 0.2) is 30.9 Å². The van der Waals surface area contributed by atoms with Gasteiger partial charge in [0, 0.05) is 5.92 Å². The Morgan fingerprint density at radius 1 is 1.39 bits per heavy atom. The Morgan fingerprint density at radius 3 is 2.83 bits per heavy atom. The van der Waals surface area contributed by atoms with E-state index in [1.165, 1.54) is 16.7 Å². The van der Waals surface area contributed by atoms with Crippen molar-refractivity contribution in [2.45, 2.75) is 32.6 Å². The van der Waals surface area contributed by atoms with E-state index in [2.05, 4.69) is 38.6 Å². The van der Waals surface area contributed by atoms with Crippen molar-refractivity contribution in [2.75, 3.05) is 6.61 Å². The van der Waals surface area contributed by atoms with Gasteiger partial charge in [-0.2, -0.15) is 0 Å². The predicted octanol–water partition coefficient (Wildman–Crippen LogP) is 3.53. The third kappa shape index (κ3) is 2.63. The zero-order valence-corrected chi connectivity index (χ0v) is 11.1. The van der Waals surface area contributed by atoms with E-state index in [-0.39, 0.29) is 11.9 Å². The predicted molar refractivity (Wildman–Crippen MR) is 72.5 cm³/mol. The van der Waals surface area contributed by atoms with Gasteiger partial charge < -0.3 is 4.74 Å². The lowest BCUT2D eigenvalue weighted by Crippen LogP contribution is -2.29. The molecule has 96 valence electrons. The van der Waals surface area contributed by atoms with Gasteiger partial charge in [-0.3, -0.25) is 4.79 Å². The molecule has 1 saturated heterocycles. The molecule has 18 heavy (non-hydrogen) atoms.